The first-order valence-electron chi connectivity index (χ1n) is 9.83. The number of imidazole rings is 1. The van der Waals surface area contributed by atoms with E-state index in [1.165, 1.54) is 19.2 Å². The van der Waals surface area contributed by atoms with E-state index in [4.69, 9.17) is 4.74 Å². The minimum atomic E-state index is -0.597. The number of rotatable bonds is 8. The average molecular weight is 410 g/mol. The third kappa shape index (κ3) is 4.97. The van der Waals surface area contributed by atoms with Gasteiger partial charge in [0.15, 0.2) is 0 Å². The Morgan fingerprint density at radius 2 is 1.97 bits per heavy atom. The van der Waals surface area contributed by atoms with Gasteiger partial charge in [0.05, 0.1) is 31.2 Å². The number of halogens is 1. The summed E-state index contributed by atoms with van der Waals surface area (Å²) in [5.41, 5.74) is 2.67. The first kappa shape index (κ1) is 21.4. The van der Waals surface area contributed by atoms with Crippen LogP contribution >= 0.6 is 0 Å². The van der Waals surface area contributed by atoms with Crippen LogP contribution in [0.4, 0.5) is 15.8 Å². The van der Waals surface area contributed by atoms with Crippen LogP contribution in [0.15, 0.2) is 55.0 Å². The molecule has 0 atom stereocenters. The highest BCUT2D eigenvalue weighted by Crippen LogP contribution is 2.26. The highest BCUT2D eigenvalue weighted by atomic mass is 19.1. The number of aromatic amines is 1. The quantitative estimate of drug-likeness (QED) is 0.594. The smallest absolute Gasteiger partial charge is 0.261 e. The number of anilines is 2. The SMILES string of the molecule is COc1ccc(C(=O)N(CC(C)C)c2cccc(N(C)Cc3cnc[nH]3)c2)c(F)c1. The summed E-state index contributed by atoms with van der Waals surface area (Å²) in [4.78, 5) is 24.1. The molecule has 0 spiro atoms. The molecule has 1 amide bonds. The lowest BCUT2D eigenvalue weighted by molar-refractivity contribution is 0.0980. The van der Waals surface area contributed by atoms with E-state index in [0.717, 1.165) is 17.1 Å². The number of aromatic nitrogens is 2. The van der Waals surface area contributed by atoms with Crippen molar-refractivity contribution in [3.63, 3.8) is 0 Å². The minimum absolute atomic E-state index is 0.0210. The molecule has 1 heterocycles. The number of H-pyrrole nitrogens is 1. The second-order valence-electron chi connectivity index (χ2n) is 7.61. The number of hydrogen-bond donors (Lipinski definition) is 1. The molecule has 30 heavy (non-hydrogen) atoms. The second kappa shape index (κ2) is 9.43. The summed E-state index contributed by atoms with van der Waals surface area (Å²) < 4.78 is 19.6. The number of carbonyl (C=O) groups excluding carboxylic acids is 1. The van der Waals surface area contributed by atoms with Crippen LogP contribution in [0.1, 0.15) is 29.9 Å². The van der Waals surface area contributed by atoms with Crippen molar-refractivity contribution in [2.24, 2.45) is 5.92 Å². The fourth-order valence-corrected chi connectivity index (χ4v) is 3.23. The maximum absolute atomic E-state index is 14.6. The summed E-state index contributed by atoms with van der Waals surface area (Å²) in [6.45, 7) is 5.17. The van der Waals surface area contributed by atoms with Gasteiger partial charge in [-0.2, -0.15) is 0 Å². The number of methoxy groups -OCH3 is 1. The molecular weight excluding hydrogens is 383 g/mol. The molecule has 1 aromatic heterocycles. The average Bonchev–Trinajstić information content (AvgIpc) is 3.24. The molecule has 1 N–H and O–H groups in total. The number of benzene rings is 2. The monoisotopic (exact) mass is 410 g/mol. The lowest BCUT2D eigenvalue weighted by Crippen LogP contribution is -2.35. The van der Waals surface area contributed by atoms with E-state index in [2.05, 4.69) is 14.9 Å². The van der Waals surface area contributed by atoms with Gasteiger partial charge in [-0.1, -0.05) is 19.9 Å². The summed E-state index contributed by atoms with van der Waals surface area (Å²) in [6.07, 6.45) is 3.42. The zero-order valence-electron chi connectivity index (χ0n) is 17.7. The molecule has 3 rings (SSSR count). The number of ether oxygens (including phenoxy) is 1. The molecule has 0 aliphatic rings. The van der Waals surface area contributed by atoms with E-state index >= 15 is 0 Å². The Labute approximate surface area is 176 Å². The Balaban J connectivity index is 1.91. The molecule has 0 saturated heterocycles. The van der Waals surface area contributed by atoms with Gasteiger partial charge in [-0.25, -0.2) is 9.37 Å². The second-order valence-corrected chi connectivity index (χ2v) is 7.61. The zero-order chi connectivity index (χ0) is 21.7. The summed E-state index contributed by atoms with van der Waals surface area (Å²) in [5.74, 6) is -0.388. The molecule has 2 aromatic carbocycles. The van der Waals surface area contributed by atoms with Crippen molar-refractivity contribution in [1.82, 2.24) is 9.97 Å². The zero-order valence-corrected chi connectivity index (χ0v) is 17.7. The molecule has 3 aromatic rings. The van der Waals surface area contributed by atoms with Crippen molar-refractivity contribution in [2.75, 3.05) is 30.5 Å². The van der Waals surface area contributed by atoms with Crippen LogP contribution in [0.5, 0.6) is 5.75 Å². The van der Waals surface area contributed by atoms with Crippen molar-refractivity contribution in [2.45, 2.75) is 20.4 Å². The highest BCUT2D eigenvalue weighted by molar-refractivity contribution is 6.06. The van der Waals surface area contributed by atoms with E-state index < -0.39 is 5.82 Å². The number of amides is 1. The van der Waals surface area contributed by atoms with Crippen LogP contribution < -0.4 is 14.5 Å². The van der Waals surface area contributed by atoms with Crippen LogP contribution in [-0.4, -0.2) is 36.6 Å². The summed E-state index contributed by atoms with van der Waals surface area (Å²) in [5, 5.41) is 0. The van der Waals surface area contributed by atoms with Gasteiger partial charge in [0, 0.05) is 37.2 Å². The molecule has 0 fully saturated rings. The Morgan fingerprint density at radius 1 is 1.20 bits per heavy atom. The normalized spacial score (nSPS) is 10.9. The number of nitrogens with zero attached hydrogens (tertiary/aromatic N) is 3. The van der Waals surface area contributed by atoms with Gasteiger partial charge < -0.3 is 19.5 Å². The number of nitrogens with one attached hydrogen (secondary N) is 1. The van der Waals surface area contributed by atoms with Gasteiger partial charge in [0.25, 0.3) is 5.91 Å². The predicted molar refractivity (Wildman–Crippen MR) is 117 cm³/mol. The van der Waals surface area contributed by atoms with Gasteiger partial charge in [-0.15, -0.1) is 0 Å². The lowest BCUT2D eigenvalue weighted by Gasteiger charge is -2.27. The molecule has 0 bridgehead atoms. The third-order valence-corrected chi connectivity index (χ3v) is 4.74. The molecule has 158 valence electrons. The van der Waals surface area contributed by atoms with Crippen molar-refractivity contribution in [3.05, 3.63) is 72.1 Å². The van der Waals surface area contributed by atoms with Crippen molar-refractivity contribution in [1.29, 1.82) is 0 Å². The molecule has 0 aliphatic carbocycles. The fourth-order valence-electron chi connectivity index (χ4n) is 3.23. The first-order valence-corrected chi connectivity index (χ1v) is 9.83. The molecular formula is C23H27FN4O2. The van der Waals surface area contributed by atoms with E-state index in [1.54, 1.807) is 23.5 Å². The van der Waals surface area contributed by atoms with Gasteiger partial charge in [-0.3, -0.25) is 4.79 Å². The molecule has 0 aliphatic heterocycles. The molecule has 0 radical (unpaired) electrons. The maximum Gasteiger partial charge on any atom is 0.261 e. The first-order chi connectivity index (χ1) is 14.4. The molecule has 0 saturated carbocycles. The number of hydrogen-bond acceptors (Lipinski definition) is 4. The Morgan fingerprint density at radius 3 is 2.60 bits per heavy atom. The van der Waals surface area contributed by atoms with Crippen molar-refractivity contribution < 1.29 is 13.9 Å². The molecule has 0 unspecified atom stereocenters. The van der Waals surface area contributed by atoms with Crippen LogP contribution in [0.3, 0.4) is 0 Å². The van der Waals surface area contributed by atoms with Crippen LogP contribution in [0.2, 0.25) is 0 Å². The Kier molecular flexibility index (Phi) is 6.72. The number of carbonyl (C=O) groups is 1. The van der Waals surface area contributed by atoms with E-state index in [-0.39, 0.29) is 17.4 Å². The van der Waals surface area contributed by atoms with E-state index in [9.17, 15) is 9.18 Å². The summed E-state index contributed by atoms with van der Waals surface area (Å²) in [6, 6.07) is 12.0. The van der Waals surface area contributed by atoms with Crippen molar-refractivity contribution >= 4 is 17.3 Å². The maximum atomic E-state index is 14.6. The van der Waals surface area contributed by atoms with Crippen molar-refractivity contribution in [3.8, 4) is 5.75 Å². The summed E-state index contributed by atoms with van der Waals surface area (Å²) >= 11 is 0. The summed E-state index contributed by atoms with van der Waals surface area (Å²) in [7, 11) is 3.43. The van der Waals surface area contributed by atoms with E-state index in [0.29, 0.717) is 18.8 Å². The van der Waals surface area contributed by atoms with E-state index in [1.807, 2.05) is 45.2 Å². The minimum Gasteiger partial charge on any atom is -0.497 e. The van der Waals surface area contributed by atoms with Gasteiger partial charge in [0.1, 0.15) is 11.6 Å². The molecule has 7 heteroatoms. The van der Waals surface area contributed by atoms with Gasteiger partial charge in [0.2, 0.25) is 0 Å². The topological polar surface area (TPSA) is 61.5 Å². The largest absolute Gasteiger partial charge is 0.497 e. The Hall–Kier alpha value is -3.35. The van der Waals surface area contributed by atoms with Gasteiger partial charge >= 0.3 is 0 Å². The van der Waals surface area contributed by atoms with Crippen LogP contribution in [-0.2, 0) is 6.54 Å². The third-order valence-electron chi connectivity index (χ3n) is 4.74. The predicted octanol–water partition coefficient (Wildman–Crippen LogP) is 4.50. The fraction of sp³-hybridized carbons (Fsp3) is 0.304. The highest BCUT2D eigenvalue weighted by Gasteiger charge is 2.23. The van der Waals surface area contributed by atoms with Crippen LogP contribution in [0.25, 0.3) is 0 Å². The Bertz CT molecular complexity index is 989. The van der Waals surface area contributed by atoms with Crippen LogP contribution in [0, 0.1) is 11.7 Å². The van der Waals surface area contributed by atoms with Gasteiger partial charge in [-0.05, 0) is 36.2 Å². The molecule has 6 nitrogen and oxygen atoms in total. The standard InChI is InChI=1S/C23H27FN4O2/c1-16(2)13-28(23(29)21-9-8-20(30-4)11-22(21)24)19-7-5-6-18(10-19)27(3)14-17-12-25-15-26-17/h5-12,15-16H,13-14H2,1-4H3,(H,25,26). The lowest BCUT2D eigenvalue weighted by atomic mass is 10.1.